The molecule has 1 unspecified atom stereocenters. The normalized spacial score (nSPS) is 19.5. The predicted molar refractivity (Wildman–Crippen MR) is 123 cm³/mol. The molecule has 2 aliphatic rings. The maximum atomic E-state index is 12.0. The lowest BCUT2D eigenvalue weighted by Gasteiger charge is -2.26. The molecule has 4 rings (SSSR count). The third-order valence-electron chi connectivity index (χ3n) is 5.84. The number of nitrogens with one attached hydrogen (secondary N) is 3. The number of morpholine rings is 1. The van der Waals surface area contributed by atoms with E-state index in [1.54, 1.807) is 7.05 Å². The van der Waals surface area contributed by atoms with Crippen molar-refractivity contribution in [3.05, 3.63) is 65.2 Å². The molecule has 2 aromatic carbocycles. The highest BCUT2D eigenvalue weighted by molar-refractivity contribution is 5.94. The van der Waals surface area contributed by atoms with E-state index in [1.807, 2.05) is 18.2 Å². The minimum atomic E-state index is 0.0608. The number of aliphatic imine (C=N–C) groups is 1. The monoisotopic (exact) mass is 421 g/mol. The van der Waals surface area contributed by atoms with Crippen LogP contribution in [0, 0.1) is 0 Å². The SMILES string of the molecule is CN=C(NCc1ccc(CN2CCOCC2)cc1)NCC1CC(=O)Nc2ccccc21. The predicted octanol–water partition coefficient (Wildman–Crippen LogP) is 2.31. The van der Waals surface area contributed by atoms with E-state index in [2.05, 4.69) is 56.2 Å². The number of hydrogen-bond donors (Lipinski definition) is 3. The van der Waals surface area contributed by atoms with Crippen molar-refractivity contribution in [3.8, 4) is 0 Å². The number of carbonyl (C=O) groups excluding carboxylic acids is 1. The number of carbonyl (C=O) groups is 1. The fraction of sp³-hybridized carbons (Fsp3) is 0.417. The van der Waals surface area contributed by atoms with Gasteiger partial charge >= 0.3 is 0 Å². The van der Waals surface area contributed by atoms with Crippen LogP contribution in [0.15, 0.2) is 53.5 Å². The Bertz CT molecular complexity index is 906. The lowest BCUT2D eigenvalue weighted by molar-refractivity contribution is -0.116. The van der Waals surface area contributed by atoms with Gasteiger partial charge in [-0.15, -0.1) is 0 Å². The average molecular weight is 422 g/mol. The molecule has 0 bridgehead atoms. The fourth-order valence-electron chi connectivity index (χ4n) is 4.09. The summed E-state index contributed by atoms with van der Waals surface area (Å²) < 4.78 is 5.42. The first-order chi connectivity index (χ1) is 15.2. The van der Waals surface area contributed by atoms with Gasteiger partial charge in [0.25, 0.3) is 0 Å². The van der Waals surface area contributed by atoms with Crippen LogP contribution in [-0.2, 0) is 22.6 Å². The van der Waals surface area contributed by atoms with Gasteiger partial charge in [-0.25, -0.2) is 0 Å². The number of hydrogen-bond acceptors (Lipinski definition) is 4. The molecule has 0 saturated carbocycles. The number of para-hydroxylation sites is 1. The van der Waals surface area contributed by atoms with Gasteiger partial charge < -0.3 is 20.7 Å². The first-order valence-corrected chi connectivity index (χ1v) is 10.9. The first-order valence-electron chi connectivity index (χ1n) is 10.9. The lowest BCUT2D eigenvalue weighted by Crippen LogP contribution is -2.40. The largest absolute Gasteiger partial charge is 0.379 e. The van der Waals surface area contributed by atoms with Crippen molar-refractivity contribution in [1.29, 1.82) is 0 Å². The highest BCUT2D eigenvalue weighted by Gasteiger charge is 2.24. The summed E-state index contributed by atoms with van der Waals surface area (Å²) in [4.78, 5) is 18.8. The van der Waals surface area contributed by atoms with Gasteiger partial charge in [0.2, 0.25) is 5.91 Å². The van der Waals surface area contributed by atoms with Gasteiger partial charge in [0, 0.05) is 57.8 Å². The number of anilines is 1. The Labute approximate surface area is 183 Å². The number of fused-ring (bicyclic) bond motifs is 1. The van der Waals surface area contributed by atoms with Crippen molar-refractivity contribution in [1.82, 2.24) is 15.5 Å². The van der Waals surface area contributed by atoms with Gasteiger partial charge in [-0.05, 0) is 22.8 Å². The van der Waals surface area contributed by atoms with E-state index in [4.69, 9.17) is 4.74 Å². The summed E-state index contributed by atoms with van der Waals surface area (Å²) in [7, 11) is 1.77. The van der Waals surface area contributed by atoms with E-state index in [-0.39, 0.29) is 11.8 Å². The zero-order chi connectivity index (χ0) is 21.5. The van der Waals surface area contributed by atoms with Gasteiger partial charge in [-0.3, -0.25) is 14.7 Å². The quantitative estimate of drug-likeness (QED) is 0.493. The Morgan fingerprint density at radius 2 is 1.84 bits per heavy atom. The fourth-order valence-corrected chi connectivity index (χ4v) is 4.09. The van der Waals surface area contributed by atoms with Crippen molar-refractivity contribution in [2.45, 2.75) is 25.4 Å². The molecule has 2 aliphatic heterocycles. The summed E-state index contributed by atoms with van der Waals surface area (Å²) >= 11 is 0. The minimum absolute atomic E-state index is 0.0608. The number of guanidine groups is 1. The summed E-state index contributed by atoms with van der Waals surface area (Å²) in [6, 6.07) is 16.7. The smallest absolute Gasteiger partial charge is 0.225 e. The Hall–Kier alpha value is -2.90. The summed E-state index contributed by atoms with van der Waals surface area (Å²) in [5, 5.41) is 9.70. The molecule has 1 fully saturated rings. The van der Waals surface area contributed by atoms with Crippen LogP contribution in [0.25, 0.3) is 0 Å². The van der Waals surface area contributed by atoms with Crippen LogP contribution in [0.2, 0.25) is 0 Å². The Kier molecular flexibility index (Phi) is 7.17. The summed E-state index contributed by atoms with van der Waals surface area (Å²) in [6.07, 6.45) is 0.478. The number of benzene rings is 2. The van der Waals surface area contributed by atoms with E-state index >= 15 is 0 Å². The second-order valence-corrected chi connectivity index (χ2v) is 8.05. The molecule has 2 heterocycles. The summed E-state index contributed by atoms with van der Waals surface area (Å²) in [6.45, 7) is 5.96. The molecule has 0 spiro atoms. The van der Waals surface area contributed by atoms with Crippen molar-refractivity contribution < 1.29 is 9.53 Å². The van der Waals surface area contributed by atoms with Crippen molar-refractivity contribution in [3.63, 3.8) is 0 Å². The second kappa shape index (κ2) is 10.4. The van der Waals surface area contributed by atoms with Crippen LogP contribution >= 0.6 is 0 Å². The van der Waals surface area contributed by atoms with Gasteiger partial charge in [-0.1, -0.05) is 42.5 Å². The van der Waals surface area contributed by atoms with Gasteiger partial charge in [0.05, 0.1) is 13.2 Å². The number of nitrogens with zero attached hydrogens (tertiary/aromatic N) is 2. The molecule has 1 saturated heterocycles. The summed E-state index contributed by atoms with van der Waals surface area (Å²) in [5.41, 5.74) is 4.60. The Balaban J connectivity index is 1.27. The van der Waals surface area contributed by atoms with E-state index < -0.39 is 0 Å². The van der Waals surface area contributed by atoms with E-state index in [1.165, 1.54) is 16.7 Å². The second-order valence-electron chi connectivity index (χ2n) is 8.05. The molecule has 7 nitrogen and oxygen atoms in total. The minimum Gasteiger partial charge on any atom is -0.379 e. The molecule has 2 aromatic rings. The molecule has 1 atom stereocenters. The number of ether oxygens (including phenoxy) is 1. The van der Waals surface area contributed by atoms with E-state index in [9.17, 15) is 4.79 Å². The molecule has 31 heavy (non-hydrogen) atoms. The Morgan fingerprint density at radius 1 is 1.10 bits per heavy atom. The van der Waals surface area contributed by atoms with Gasteiger partial charge in [0.15, 0.2) is 5.96 Å². The zero-order valence-corrected chi connectivity index (χ0v) is 18.1. The van der Waals surface area contributed by atoms with Gasteiger partial charge in [0.1, 0.15) is 0 Å². The van der Waals surface area contributed by atoms with Crippen LogP contribution in [0.5, 0.6) is 0 Å². The number of rotatable bonds is 6. The highest BCUT2D eigenvalue weighted by Crippen LogP contribution is 2.31. The maximum Gasteiger partial charge on any atom is 0.225 e. The van der Waals surface area contributed by atoms with Crippen molar-refractivity contribution in [2.24, 2.45) is 4.99 Å². The van der Waals surface area contributed by atoms with Crippen LogP contribution in [0.4, 0.5) is 5.69 Å². The van der Waals surface area contributed by atoms with Crippen molar-refractivity contribution in [2.75, 3.05) is 45.2 Å². The first kappa shape index (κ1) is 21.3. The molecule has 164 valence electrons. The van der Waals surface area contributed by atoms with Crippen LogP contribution in [0.3, 0.4) is 0 Å². The third-order valence-corrected chi connectivity index (χ3v) is 5.84. The topological polar surface area (TPSA) is 78.0 Å². The summed E-state index contributed by atoms with van der Waals surface area (Å²) in [5.74, 6) is 0.925. The lowest BCUT2D eigenvalue weighted by atomic mass is 9.90. The maximum absolute atomic E-state index is 12.0. The molecule has 7 heteroatoms. The molecule has 3 N–H and O–H groups in total. The zero-order valence-electron chi connectivity index (χ0n) is 18.1. The van der Waals surface area contributed by atoms with Crippen LogP contribution in [-0.4, -0.2) is 56.7 Å². The molecule has 0 aromatic heterocycles. The van der Waals surface area contributed by atoms with Crippen LogP contribution < -0.4 is 16.0 Å². The molecular weight excluding hydrogens is 390 g/mol. The van der Waals surface area contributed by atoms with Crippen molar-refractivity contribution >= 4 is 17.6 Å². The van der Waals surface area contributed by atoms with Gasteiger partial charge in [-0.2, -0.15) is 0 Å². The molecular formula is C24H31N5O2. The average Bonchev–Trinajstić information content (AvgIpc) is 2.80. The van der Waals surface area contributed by atoms with E-state index in [0.717, 1.165) is 44.5 Å². The molecule has 1 amide bonds. The Morgan fingerprint density at radius 3 is 2.61 bits per heavy atom. The molecule has 0 aliphatic carbocycles. The third kappa shape index (κ3) is 5.83. The standard InChI is InChI=1S/C24H31N5O2/c1-25-24(27-16-20-14-23(30)28-22-5-3-2-4-21(20)22)26-15-18-6-8-19(9-7-18)17-29-10-12-31-13-11-29/h2-9,20H,10-17H2,1H3,(H,28,30)(H2,25,26,27). The van der Waals surface area contributed by atoms with E-state index in [0.29, 0.717) is 19.5 Å². The molecule has 0 radical (unpaired) electrons. The van der Waals surface area contributed by atoms with Crippen LogP contribution in [0.1, 0.15) is 29.0 Å². The highest BCUT2D eigenvalue weighted by atomic mass is 16.5. The number of amides is 1.